The van der Waals surface area contributed by atoms with Crippen LogP contribution in [0.4, 0.5) is 0 Å². The van der Waals surface area contributed by atoms with Gasteiger partial charge < -0.3 is 19.5 Å². The molecule has 0 spiro atoms. The highest BCUT2D eigenvalue weighted by Crippen LogP contribution is 2.20. The second-order valence-corrected chi connectivity index (χ2v) is 5.06. The predicted molar refractivity (Wildman–Crippen MR) is 75.4 cm³/mol. The summed E-state index contributed by atoms with van der Waals surface area (Å²) in [5, 5.41) is 8.76. The highest BCUT2D eigenvalue weighted by Gasteiger charge is 2.27. The lowest BCUT2D eigenvalue weighted by molar-refractivity contribution is -0.138. The number of hydrogen-bond donors (Lipinski definition) is 1. The number of likely N-dealkylation sites (tertiary alicyclic amines) is 1. The number of carbonyl (C=O) groups is 2. The van der Waals surface area contributed by atoms with Crippen LogP contribution >= 0.6 is 0 Å². The minimum Gasteiger partial charge on any atom is -0.497 e. The number of methoxy groups -OCH3 is 1. The molecule has 1 aromatic carbocycles. The Bertz CT molecular complexity index is 499. The van der Waals surface area contributed by atoms with E-state index >= 15 is 0 Å². The third-order valence-corrected chi connectivity index (χ3v) is 3.52. The zero-order chi connectivity index (χ0) is 15.2. The lowest BCUT2D eigenvalue weighted by Crippen LogP contribution is -2.33. The van der Waals surface area contributed by atoms with Gasteiger partial charge in [0.15, 0.2) is 6.61 Å². The molecule has 1 amide bonds. The van der Waals surface area contributed by atoms with Crippen LogP contribution in [0.15, 0.2) is 24.3 Å². The molecule has 6 nitrogen and oxygen atoms in total. The summed E-state index contributed by atoms with van der Waals surface area (Å²) in [5.74, 6) is 0.449. The van der Waals surface area contributed by atoms with Crippen molar-refractivity contribution in [2.75, 3.05) is 26.8 Å². The fourth-order valence-corrected chi connectivity index (χ4v) is 2.38. The number of benzene rings is 1. The number of amides is 1. The number of rotatable bonds is 6. The summed E-state index contributed by atoms with van der Waals surface area (Å²) in [5.41, 5.74) is 0. The molecular weight excluding hydrogens is 274 g/mol. The summed E-state index contributed by atoms with van der Waals surface area (Å²) < 4.78 is 10.5. The summed E-state index contributed by atoms with van der Waals surface area (Å²) in [7, 11) is 1.58. The van der Waals surface area contributed by atoms with Gasteiger partial charge in [-0.1, -0.05) is 0 Å². The van der Waals surface area contributed by atoms with Gasteiger partial charge in [-0.15, -0.1) is 0 Å². The van der Waals surface area contributed by atoms with Crippen LogP contribution in [-0.2, 0) is 9.59 Å². The molecule has 0 aliphatic carbocycles. The van der Waals surface area contributed by atoms with Crippen LogP contribution in [0.25, 0.3) is 0 Å². The second-order valence-electron chi connectivity index (χ2n) is 5.06. The number of carboxylic acid groups (broad SMARTS) is 1. The summed E-state index contributed by atoms with van der Waals surface area (Å²) in [6, 6.07) is 7.00. The van der Waals surface area contributed by atoms with E-state index in [4.69, 9.17) is 14.6 Å². The number of nitrogens with zero attached hydrogens (tertiary/aromatic N) is 1. The molecule has 0 aromatic heterocycles. The van der Waals surface area contributed by atoms with Crippen molar-refractivity contribution in [3.05, 3.63) is 24.3 Å². The van der Waals surface area contributed by atoms with Crippen molar-refractivity contribution in [3.63, 3.8) is 0 Å². The van der Waals surface area contributed by atoms with Crippen molar-refractivity contribution in [1.29, 1.82) is 0 Å². The number of aliphatic carboxylic acids is 1. The first-order valence-electron chi connectivity index (χ1n) is 6.85. The van der Waals surface area contributed by atoms with Gasteiger partial charge in [0.2, 0.25) is 0 Å². The van der Waals surface area contributed by atoms with E-state index in [0.29, 0.717) is 18.8 Å². The van der Waals surface area contributed by atoms with E-state index in [-0.39, 0.29) is 24.9 Å². The van der Waals surface area contributed by atoms with Crippen LogP contribution in [0.1, 0.15) is 12.8 Å². The molecule has 1 unspecified atom stereocenters. The van der Waals surface area contributed by atoms with Gasteiger partial charge in [0.25, 0.3) is 5.91 Å². The van der Waals surface area contributed by atoms with E-state index in [2.05, 4.69) is 0 Å². The van der Waals surface area contributed by atoms with E-state index in [1.165, 1.54) is 0 Å². The van der Waals surface area contributed by atoms with Gasteiger partial charge in [-0.25, -0.2) is 0 Å². The van der Waals surface area contributed by atoms with E-state index in [1.54, 1.807) is 36.3 Å². The van der Waals surface area contributed by atoms with Crippen LogP contribution in [0, 0.1) is 5.92 Å². The minimum atomic E-state index is -0.816. The average molecular weight is 293 g/mol. The molecule has 114 valence electrons. The Kier molecular flexibility index (Phi) is 5.03. The fourth-order valence-electron chi connectivity index (χ4n) is 2.38. The highest BCUT2D eigenvalue weighted by atomic mass is 16.5. The number of carbonyl (C=O) groups excluding carboxylic acids is 1. The number of hydrogen-bond acceptors (Lipinski definition) is 4. The molecule has 0 saturated carbocycles. The van der Waals surface area contributed by atoms with Gasteiger partial charge in [0.05, 0.1) is 7.11 Å². The Labute approximate surface area is 123 Å². The molecule has 21 heavy (non-hydrogen) atoms. The van der Waals surface area contributed by atoms with Gasteiger partial charge in [-0.05, 0) is 36.6 Å². The Morgan fingerprint density at radius 2 is 1.95 bits per heavy atom. The standard InChI is InChI=1S/C15H19NO5/c1-20-12-2-4-13(5-3-12)21-10-14(17)16-7-6-11(9-16)8-15(18)19/h2-5,11H,6-10H2,1H3,(H,18,19). The fraction of sp³-hybridized carbons (Fsp3) is 0.467. The summed E-state index contributed by atoms with van der Waals surface area (Å²) in [6.07, 6.45) is 0.851. The molecule has 0 radical (unpaired) electrons. The van der Waals surface area contributed by atoms with Crippen molar-refractivity contribution in [2.45, 2.75) is 12.8 Å². The molecule has 1 atom stereocenters. The topological polar surface area (TPSA) is 76.1 Å². The molecule has 1 aliphatic heterocycles. The van der Waals surface area contributed by atoms with E-state index in [9.17, 15) is 9.59 Å². The maximum Gasteiger partial charge on any atom is 0.303 e. The predicted octanol–water partition coefficient (Wildman–Crippen LogP) is 1.40. The molecule has 1 saturated heterocycles. The lowest BCUT2D eigenvalue weighted by Gasteiger charge is -2.16. The van der Waals surface area contributed by atoms with Crippen LogP contribution < -0.4 is 9.47 Å². The van der Waals surface area contributed by atoms with Gasteiger partial charge >= 0.3 is 5.97 Å². The third kappa shape index (κ3) is 4.37. The zero-order valence-corrected chi connectivity index (χ0v) is 11.9. The highest BCUT2D eigenvalue weighted by molar-refractivity contribution is 5.78. The molecule has 6 heteroatoms. The summed E-state index contributed by atoms with van der Waals surface area (Å²) in [6.45, 7) is 1.06. The molecule has 0 bridgehead atoms. The van der Waals surface area contributed by atoms with Gasteiger partial charge in [-0.3, -0.25) is 9.59 Å². The Hall–Kier alpha value is -2.24. The first-order valence-corrected chi connectivity index (χ1v) is 6.85. The number of ether oxygens (including phenoxy) is 2. The minimum absolute atomic E-state index is 0.0356. The SMILES string of the molecule is COc1ccc(OCC(=O)N2CCC(CC(=O)O)C2)cc1. The van der Waals surface area contributed by atoms with Crippen molar-refractivity contribution in [3.8, 4) is 11.5 Å². The maximum absolute atomic E-state index is 12.0. The maximum atomic E-state index is 12.0. The monoisotopic (exact) mass is 293 g/mol. The van der Waals surface area contributed by atoms with Crippen molar-refractivity contribution in [1.82, 2.24) is 4.90 Å². The average Bonchev–Trinajstić information content (AvgIpc) is 2.93. The van der Waals surface area contributed by atoms with E-state index < -0.39 is 5.97 Å². The van der Waals surface area contributed by atoms with Crippen LogP contribution in [0.2, 0.25) is 0 Å². The molecule has 1 fully saturated rings. The zero-order valence-electron chi connectivity index (χ0n) is 11.9. The van der Waals surface area contributed by atoms with Crippen molar-refractivity contribution >= 4 is 11.9 Å². The molecule has 2 rings (SSSR count). The third-order valence-electron chi connectivity index (χ3n) is 3.52. The Balaban J connectivity index is 1.78. The second kappa shape index (κ2) is 6.97. The van der Waals surface area contributed by atoms with Crippen molar-refractivity contribution < 1.29 is 24.2 Å². The molecule has 1 N–H and O–H groups in total. The summed E-state index contributed by atoms with van der Waals surface area (Å²) in [4.78, 5) is 24.3. The molecule has 1 aliphatic rings. The summed E-state index contributed by atoms with van der Waals surface area (Å²) >= 11 is 0. The van der Waals surface area contributed by atoms with Gasteiger partial charge in [-0.2, -0.15) is 0 Å². The smallest absolute Gasteiger partial charge is 0.303 e. The molecule has 1 aromatic rings. The van der Waals surface area contributed by atoms with Crippen LogP contribution in [-0.4, -0.2) is 48.7 Å². The number of carboxylic acids is 1. The van der Waals surface area contributed by atoms with E-state index in [0.717, 1.165) is 12.2 Å². The lowest BCUT2D eigenvalue weighted by atomic mass is 10.1. The molecule has 1 heterocycles. The van der Waals surface area contributed by atoms with Crippen molar-refractivity contribution in [2.24, 2.45) is 5.92 Å². The first kappa shape index (κ1) is 15.2. The quantitative estimate of drug-likeness (QED) is 0.858. The Morgan fingerprint density at radius 3 is 2.57 bits per heavy atom. The molecular formula is C15H19NO5. The van der Waals surface area contributed by atoms with Gasteiger partial charge in [0.1, 0.15) is 11.5 Å². The first-order chi connectivity index (χ1) is 10.1. The Morgan fingerprint density at radius 1 is 1.29 bits per heavy atom. The van der Waals surface area contributed by atoms with Crippen LogP contribution in [0.3, 0.4) is 0 Å². The largest absolute Gasteiger partial charge is 0.497 e. The van der Waals surface area contributed by atoms with Gasteiger partial charge in [0, 0.05) is 19.5 Å². The van der Waals surface area contributed by atoms with Crippen LogP contribution in [0.5, 0.6) is 11.5 Å². The normalized spacial score (nSPS) is 17.6. The van der Waals surface area contributed by atoms with E-state index in [1.807, 2.05) is 0 Å².